The predicted molar refractivity (Wildman–Crippen MR) is 60.4 cm³/mol. The van der Waals surface area contributed by atoms with E-state index in [4.69, 9.17) is 9.15 Å². The Bertz CT molecular complexity index is 626. The zero-order valence-corrected chi connectivity index (χ0v) is 9.35. The molecule has 0 unspecified atom stereocenters. The molecule has 88 valence electrons. The lowest BCUT2D eigenvalue weighted by atomic mass is 10.1. The van der Waals surface area contributed by atoms with Gasteiger partial charge >= 0.3 is 11.6 Å². The van der Waals surface area contributed by atoms with E-state index >= 15 is 0 Å². The van der Waals surface area contributed by atoms with E-state index in [0.717, 1.165) is 0 Å². The van der Waals surface area contributed by atoms with Crippen LogP contribution < -0.4 is 10.4 Å². The van der Waals surface area contributed by atoms with Crippen molar-refractivity contribution in [1.82, 2.24) is 0 Å². The quantitative estimate of drug-likeness (QED) is 0.738. The summed E-state index contributed by atoms with van der Waals surface area (Å²) in [6.45, 7) is 0. The van der Waals surface area contributed by atoms with Crippen molar-refractivity contribution in [2.75, 3.05) is 14.2 Å². The van der Waals surface area contributed by atoms with Crippen LogP contribution in [0.1, 0.15) is 10.6 Å². The Morgan fingerprint density at radius 2 is 2.00 bits per heavy atom. The smallest absolute Gasteiger partial charge is 0.374 e. The van der Waals surface area contributed by atoms with Gasteiger partial charge in [0.15, 0.2) is 0 Å². The molecule has 1 heterocycles. The molecule has 0 saturated carbocycles. The van der Waals surface area contributed by atoms with E-state index in [0.29, 0.717) is 16.5 Å². The highest BCUT2D eigenvalue weighted by molar-refractivity contribution is 5.92. The molecular formula is C12H10O5. The summed E-state index contributed by atoms with van der Waals surface area (Å²) in [6, 6.07) is 6.39. The molecule has 0 saturated heterocycles. The Balaban J connectivity index is 2.68. The van der Waals surface area contributed by atoms with Gasteiger partial charge in [-0.15, -0.1) is 0 Å². The minimum absolute atomic E-state index is 0.116. The van der Waals surface area contributed by atoms with Crippen LogP contribution in [0.5, 0.6) is 5.75 Å². The first-order chi connectivity index (χ1) is 8.15. The average molecular weight is 234 g/mol. The van der Waals surface area contributed by atoms with Crippen LogP contribution in [-0.2, 0) is 4.74 Å². The minimum atomic E-state index is -0.681. The molecular weight excluding hydrogens is 224 g/mol. The minimum Gasteiger partial charge on any atom is -0.497 e. The molecule has 0 aliphatic carbocycles. The molecule has 1 aromatic carbocycles. The normalized spacial score (nSPS) is 10.2. The van der Waals surface area contributed by atoms with Gasteiger partial charge < -0.3 is 13.9 Å². The van der Waals surface area contributed by atoms with Gasteiger partial charge in [-0.25, -0.2) is 9.59 Å². The van der Waals surface area contributed by atoms with Crippen molar-refractivity contribution < 1.29 is 18.7 Å². The Kier molecular flexibility index (Phi) is 2.82. The second kappa shape index (κ2) is 4.29. The fourth-order valence-corrected chi connectivity index (χ4v) is 1.49. The Labute approximate surface area is 96.6 Å². The predicted octanol–water partition coefficient (Wildman–Crippen LogP) is 1.59. The van der Waals surface area contributed by atoms with Crippen LogP contribution in [-0.4, -0.2) is 20.2 Å². The highest BCUT2D eigenvalue weighted by atomic mass is 16.5. The van der Waals surface area contributed by atoms with Crippen LogP contribution in [0.15, 0.2) is 33.5 Å². The van der Waals surface area contributed by atoms with E-state index in [1.165, 1.54) is 20.3 Å². The fourth-order valence-electron chi connectivity index (χ4n) is 1.49. The van der Waals surface area contributed by atoms with Gasteiger partial charge in [-0.2, -0.15) is 0 Å². The summed E-state index contributed by atoms with van der Waals surface area (Å²) in [4.78, 5) is 22.9. The second-order valence-electron chi connectivity index (χ2n) is 3.34. The lowest BCUT2D eigenvalue weighted by Gasteiger charge is -2.03. The van der Waals surface area contributed by atoms with Gasteiger partial charge in [-0.05, 0) is 23.6 Å². The zero-order valence-electron chi connectivity index (χ0n) is 9.35. The van der Waals surface area contributed by atoms with Crippen molar-refractivity contribution in [2.45, 2.75) is 0 Å². The van der Waals surface area contributed by atoms with Crippen molar-refractivity contribution in [3.63, 3.8) is 0 Å². The molecule has 17 heavy (non-hydrogen) atoms. The highest BCUT2D eigenvalue weighted by Gasteiger charge is 2.12. The molecule has 0 amide bonds. The van der Waals surface area contributed by atoms with Gasteiger partial charge in [0, 0.05) is 0 Å². The third-order valence-corrected chi connectivity index (χ3v) is 2.36. The van der Waals surface area contributed by atoms with Gasteiger partial charge in [0.1, 0.15) is 5.75 Å². The molecule has 0 atom stereocenters. The summed E-state index contributed by atoms with van der Waals surface area (Å²) in [5.41, 5.74) is -0.596. The number of rotatable bonds is 2. The van der Waals surface area contributed by atoms with Crippen LogP contribution in [0.3, 0.4) is 0 Å². The Morgan fingerprint density at radius 1 is 1.24 bits per heavy atom. The number of methoxy groups -OCH3 is 2. The van der Waals surface area contributed by atoms with E-state index in [1.54, 1.807) is 18.2 Å². The maximum atomic E-state index is 11.7. The van der Waals surface area contributed by atoms with Crippen LogP contribution in [0, 0.1) is 0 Å². The second-order valence-corrected chi connectivity index (χ2v) is 3.34. The van der Waals surface area contributed by atoms with Gasteiger partial charge in [-0.1, -0.05) is 6.07 Å². The Morgan fingerprint density at radius 3 is 2.65 bits per heavy atom. The van der Waals surface area contributed by atoms with E-state index < -0.39 is 11.6 Å². The van der Waals surface area contributed by atoms with Crippen molar-refractivity contribution >= 4 is 16.7 Å². The fraction of sp³-hybridized carbons (Fsp3) is 0.167. The molecule has 5 heteroatoms. The third kappa shape index (κ3) is 1.99. The number of hydrogen-bond donors (Lipinski definition) is 0. The SMILES string of the molecule is COC(=O)c1cc2ccc(OC)cc2c(=O)o1. The lowest BCUT2D eigenvalue weighted by molar-refractivity contribution is 0.0560. The average Bonchev–Trinajstić information content (AvgIpc) is 2.37. The monoisotopic (exact) mass is 234 g/mol. The molecule has 0 aliphatic rings. The van der Waals surface area contributed by atoms with Gasteiger partial charge in [0.2, 0.25) is 5.76 Å². The molecule has 0 bridgehead atoms. The molecule has 0 radical (unpaired) electrons. The zero-order chi connectivity index (χ0) is 12.4. The van der Waals surface area contributed by atoms with Gasteiger partial charge in [0.25, 0.3) is 0 Å². The lowest BCUT2D eigenvalue weighted by Crippen LogP contribution is -2.08. The number of benzene rings is 1. The molecule has 2 aromatic rings. The van der Waals surface area contributed by atoms with Gasteiger partial charge in [-0.3, -0.25) is 0 Å². The van der Waals surface area contributed by atoms with Crippen LogP contribution >= 0.6 is 0 Å². The third-order valence-electron chi connectivity index (χ3n) is 2.36. The molecule has 5 nitrogen and oxygen atoms in total. The number of esters is 1. The van der Waals surface area contributed by atoms with Crippen molar-refractivity contribution in [1.29, 1.82) is 0 Å². The summed E-state index contributed by atoms with van der Waals surface area (Å²) in [5.74, 6) is -0.245. The molecule has 2 rings (SSSR count). The topological polar surface area (TPSA) is 65.7 Å². The summed E-state index contributed by atoms with van der Waals surface area (Å²) in [6.07, 6.45) is 0. The van der Waals surface area contributed by atoms with Gasteiger partial charge in [0.05, 0.1) is 19.6 Å². The van der Waals surface area contributed by atoms with Crippen molar-refractivity contribution in [3.8, 4) is 5.75 Å². The first-order valence-electron chi connectivity index (χ1n) is 4.86. The largest absolute Gasteiger partial charge is 0.497 e. The Hall–Kier alpha value is -2.30. The van der Waals surface area contributed by atoms with E-state index in [1.807, 2.05) is 0 Å². The summed E-state index contributed by atoms with van der Waals surface area (Å²) in [7, 11) is 2.73. The molecule has 0 N–H and O–H groups in total. The standard InChI is InChI=1S/C12H10O5/c1-15-8-4-3-7-5-10(12(14)16-2)17-11(13)9(7)6-8/h3-6H,1-2H3. The molecule has 0 spiro atoms. The van der Waals surface area contributed by atoms with Crippen molar-refractivity contribution in [3.05, 3.63) is 40.4 Å². The molecule has 0 fully saturated rings. The number of carbonyl (C=O) groups is 1. The van der Waals surface area contributed by atoms with E-state index in [2.05, 4.69) is 4.74 Å². The first kappa shape index (κ1) is 11.2. The number of ether oxygens (including phenoxy) is 2. The molecule has 1 aromatic heterocycles. The molecule has 0 aliphatic heterocycles. The number of carbonyl (C=O) groups excluding carboxylic acids is 1. The maximum Gasteiger partial charge on any atom is 0.374 e. The van der Waals surface area contributed by atoms with E-state index in [-0.39, 0.29) is 5.76 Å². The van der Waals surface area contributed by atoms with Crippen LogP contribution in [0.25, 0.3) is 10.8 Å². The van der Waals surface area contributed by atoms with Crippen LogP contribution in [0.2, 0.25) is 0 Å². The first-order valence-corrected chi connectivity index (χ1v) is 4.86. The highest BCUT2D eigenvalue weighted by Crippen LogP contribution is 2.19. The van der Waals surface area contributed by atoms with Crippen LogP contribution in [0.4, 0.5) is 0 Å². The summed E-state index contributed by atoms with van der Waals surface area (Å²) >= 11 is 0. The van der Waals surface area contributed by atoms with Crippen molar-refractivity contribution in [2.24, 2.45) is 0 Å². The van der Waals surface area contributed by atoms with E-state index in [9.17, 15) is 9.59 Å². The number of hydrogen-bond acceptors (Lipinski definition) is 5. The summed E-state index contributed by atoms with van der Waals surface area (Å²) in [5, 5.41) is 0.958. The number of fused-ring (bicyclic) bond motifs is 1. The maximum absolute atomic E-state index is 11.7. The summed E-state index contributed by atoms with van der Waals surface area (Å²) < 4.78 is 14.3.